The van der Waals surface area contributed by atoms with Crippen molar-refractivity contribution in [2.45, 2.75) is 33.7 Å². The molecular formula is C12H18BrN3O. The molecular weight excluding hydrogens is 282 g/mol. The van der Waals surface area contributed by atoms with Crippen molar-refractivity contribution in [1.29, 1.82) is 0 Å². The van der Waals surface area contributed by atoms with Crippen LogP contribution in [0.4, 0.5) is 11.4 Å². The molecule has 0 aliphatic rings. The molecule has 94 valence electrons. The second-order valence-electron chi connectivity index (χ2n) is 3.89. The summed E-state index contributed by atoms with van der Waals surface area (Å²) in [6, 6.07) is 2.25. The van der Waals surface area contributed by atoms with Gasteiger partial charge in [-0.25, -0.2) is 9.98 Å². The fraction of sp³-hybridized carbons (Fsp3) is 0.500. The first kappa shape index (κ1) is 14.0. The van der Waals surface area contributed by atoms with E-state index in [2.05, 4.69) is 45.1 Å². The molecule has 0 saturated heterocycles. The van der Waals surface area contributed by atoms with Crippen LogP contribution >= 0.6 is 15.9 Å². The van der Waals surface area contributed by atoms with E-state index in [4.69, 9.17) is 4.74 Å². The van der Waals surface area contributed by atoms with E-state index in [-0.39, 0.29) is 0 Å². The maximum Gasteiger partial charge on any atom is 0.185 e. The summed E-state index contributed by atoms with van der Waals surface area (Å²) in [6.07, 6.45) is 1.72. The van der Waals surface area contributed by atoms with Gasteiger partial charge in [-0.15, -0.1) is 0 Å². The van der Waals surface area contributed by atoms with Gasteiger partial charge in [0.05, 0.1) is 18.5 Å². The Bertz CT molecular complexity index is 405. The van der Waals surface area contributed by atoms with Crippen molar-refractivity contribution in [3.63, 3.8) is 0 Å². The molecule has 0 aromatic carbocycles. The van der Waals surface area contributed by atoms with Crippen molar-refractivity contribution in [2.75, 3.05) is 11.9 Å². The second-order valence-corrected chi connectivity index (χ2v) is 4.70. The van der Waals surface area contributed by atoms with Crippen LogP contribution < -0.4 is 5.32 Å². The van der Waals surface area contributed by atoms with E-state index in [1.165, 1.54) is 0 Å². The zero-order valence-corrected chi connectivity index (χ0v) is 12.2. The van der Waals surface area contributed by atoms with E-state index in [1.54, 1.807) is 6.20 Å². The van der Waals surface area contributed by atoms with Gasteiger partial charge in [0.15, 0.2) is 5.90 Å². The van der Waals surface area contributed by atoms with Crippen LogP contribution in [0.25, 0.3) is 0 Å². The van der Waals surface area contributed by atoms with E-state index >= 15 is 0 Å². The molecule has 0 saturated carbocycles. The molecule has 0 unspecified atom stereocenters. The monoisotopic (exact) mass is 299 g/mol. The third kappa shape index (κ3) is 4.73. The molecule has 0 amide bonds. The minimum Gasteiger partial charge on any atom is -0.481 e. The molecule has 0 spiro atoms. The van der Waals surface area contributed by atoms with E-state index in [0.29, 0.717) is 18.5 Å². The van der Waals surface area contributed by atoms with Gasteiger partial charge in [0.2, 0.25) is 0 Å². The van der Waals surface area contributed by atoms with Gasteiger partial charge in [0.1, 0.15) is 10.3 Å². The summed E-state index contributed by atoms with van der Waals surface area (Å²) in [5.74, 6) is 0.642. The number of hydrogen-bond acceptors (Lipinski definition) is 4. The summed E-state index contributed by atoms with van der Waals surface area (Å²) >= 11 is 3.35. The predicted octanol–water partition coefficient (Wildman–Crippen LogP) is 3.75. The van der Waals surface area contributed by atoms with Gasteiger partial charge < -0.3 is 10.1 Å². The lowest BCUT2D eigenvalue weighted by molar-refractivity contribution is 0.325. The van der Waals surface area contributed by atoms with Gasteiger partial charge in [-0.05, 0) is 42.8 Å². The van der Waals surface area contributed by atoms with Crippen LogP contribution in [0.5, 0.6) is 0 Å². The van der Waals surface area contributed by atoms with Crippen LogP contribution in [0, 0.1) is 0 Å². The SMILES string of the molecule is CCOC(C)=Nc1cnc(Br)cc1NC(C)C. The maximum atomic E-state index is 5.32. The largest absolute Gasteiger partial charge is 0.481 e. The minimum atomic E-state index is 0.339. The van der Waals surface area contributed by atoms with Gasteiger partial charge in [-0.2, -0.15) is 0 Å². The first-order chi connectivity index (χ1) is 8.02. The molecule has 5 heteroatoms. The number of aromatic nitrogens is 1. The van der Waals surface area contributed by atoms with Crippen LogP contribution in [-0.2, 0) is 4.74 Å². The molecule has 0 bridgehead atoms. The van der Waals surface area contributed by atoms with Crippen molar-refractivity contribution >= 4 is 33.2 Å². The van der Waals surface area contributed by atoms with Gasteiger partial charge in [0.25, 0.3) is 0 Å². The summed E-state index contributed by atoms with van der Waals surface area (Å²) in [5, 5.41) is 3.33. The van der Waals surface area contributed by atoms with Crippen molar-refractivity contribution in [3.05, 3.63) is 16.9 Å². The number of aliphatic imine (C=N–C) groups is 1. The Labute approximate surface area is 111 Å². The molecule has 1 aromatic rings. The number of rotatable bonds is 4. The molecule has 1 heterocycles. The molecule has 1 N–H and O–H groups in total. The second kappa shape index (κ2) is 6.59. The Morgan fingerprint density at radius 2 is 2.29 bits per heavy atom. The number of hydrogen-bond donors (Lipinski definition) is 1. The highest BCUT2D eigenvalue weighted by Crippen LogP contribution is 2.27. The zero-order valence-electron chi connectivity index (χ0n) is 10.6. The van der Waals surface area contributed by atoms with Gasteiger partial charge >= 0.3 is 0 Å². The third-order valence-corrected chi connectivity index (χ3v) is 2.36. The number of anilines is 1. The first-order valence-electron chi connectivity index (χ1n) is 5.63. The van der Waals surface area contributed by atoms with Crippen LogP contribution in [-0.4, -0.2) is 23.5 Å². The number of nitrogens with zero attached hydrogens (tertiary/aromatic N) is 2. The van der Waals surface area contributed by atoms with Crippen molar-refractivity contribution in [1.82, 2.24) is 4.98 Å². The zero-order chi connectivity index (χ0) is 12.8. The molecule has 1 rings (SSSR count). The molecule has 0 aliphatic carbocycles. The highest BCUT2D eigenvalue weighted by Gasteiger charge is 2.05. The van der Waals surface area contributed by atoms with E-state index in [9.17, 15) is 0 Å². The summed E-state index contributed by atoms with van der Waals surface area (Å²) in [6.45, 7) is 8.55. The van der Waals surface area contributed by atoms with Gasteiger partial charge in [0, 0.05) is 13.0 Å². The lowest BCUT2D eigenvalue weighted by Crippen LogP contribution is -2.10. The Morgan fingerprint density at radius 3 is 2.88 bits per heavy atom. The fourth-order valence-corrected chi connectivity index (χ4v) is 1.68. The van der Waals surface area contributed by atoms with Crippen LogP contribution in [0.2, 0.25) is 0 Å². The standard InChI is InChI=1S/C12H18BrN3O/c1-5-17-9(4)16-11-7-14-12(13)6-10(11)15-8(2)3/h6-8H,5H2,1-4H3,(H,14,15). The molecule has 4 nitrogen and oxygen atoms in total. The van der Waals surface area contributed by atoms with E-state index < -0.39 is 0 Å². The topological polar surface area (TPSA) is 46.5 Å². The first-order valence-corrected chi connectivity index (χ1v) is 6.42. The number of halogens is 1. The normalized spacial score (nSPS) is 11.8. The Hall–Kier alpha value is -1.10. The highest BCUT2D eigenvalue weighted by molar-refractivity contribution is 9.10. The van der Waals surface area contributed by atoms with Gasteiger partial charge in [-0.3, -0.25) is 0 Å². The smallest absolute Gasteiger partial charge is 0.185 e. The maximum absolute atomic E-state index is 5.32. The van der Waals surface area contributed by atoms with E-state index in [1.807, 2.05) is 19.9 Å². The van der Waals surface area contributed by atoms with E-state index in [0.717, 1.165) is 16.0 Å². The quantitative estimate of drug-likeness (QED) is 0.523. The highest BCUT2D eigenvalue weighted by atomic mass is 79.9. The average molecular weight is 300 g/mol. The Kier molecular flexibility index (Phi) is 5.41. The molecule has 0 atom stereocenters. The molecule has 17 heavy (non-hydrogen) atoms. The van der Waals surface area contributed by atoms with Crippen molar-refractivity contribution in [3.8, 4) is 0 Å². The Morgan fingerprint density at radius 1 is 1.59 bits per heavy atom. The molecule has 0 fully saturated rings. The lowest BCUT2D eigenvalue weighted by atomic mass is 10.3. The third-order valence-electron chi connectivity index (χ3n) is 1.92. The number of ether oxygens (including phenoxy) is 1. The average Bonchev–Trinajstić information content (AvgIpc) is 2.21. The molecule has 1 aromatic heterocycles. The number of nitrogens with one attached hydrogen (secondary N) is 1. The lowest BCUT2D eigenvalue weighted by Gasteiger charge is -2.13. The van der Waals surface area contributed by atoms with Crippen molar-refractivity contribution in [2.24, 2.45) is 4.99 Å². The summed E-state index contributed by atoms with van der Waals surface area (Å²) in [7, 11) is 0. The fourth-order valence-electron chi connectivity index (χ4n) is 1.35. The van der Waals surface area contributed by atoms with Crippen LogP contribution in [0.15, 0.2) is 21.9 Å². The van der Waals surface area contributed by atoms with Gasteiger partial charge in [-0.1, -0.05) is 0 Å². The predicted molar refractivity (Wildman–Crippen MR) is 75.1 cm³/mol. The molecule has 0 radical (unpaired) electrons. The Balaban J connectivity index is 3.01. The molecule has 0 aliphatic heterocycles. The van der Waals surface area contributed by atoms with Crippen molar-refractivity contribution < 1.29 is 4.74 Å². The van der Waals surface area contributed by atoms with Crippen LogP contribution in [0.3, 0.4) is 0 Å². The van der Waals surface area contributed by atoms with Crippen LogP contribution in [0.1, 0.15) is 27.7 Å². The summed E-state index contributed by atoms with van der Waals surface area (Å²) in [4.78, 5) is 8.57. The minimum absolute atomic E-state index is 0.339. The number of pyridine rings is 1. The summed E-state index contributed by atoms with van der Waals surface area (Å²) in [5.41, 5.74) is 1.73. The summed E-state index contributed by atoms with van der Waals surface area (Å²) < 4.78 is 6.10.